The largest absolute Gasteiger partial charge is 0.387 e. The van der Waals surface area contributed by atoms with Gasteiger partial charge in [-0.15, -0.1) is 0 Å². The molecule has 0 aromatic heterocycles. The van der Waals surface area contributed by atoms with Crippen LogP contribution in [-0.2, 0) is 0 Å². The summed E-state index contributed by atoms with van der Waals surface area (Å²) in [4.78, 5) is 38.4. The molecule has 32 heavy (non-hydrogen) atoms. The Hall–Kier alpha value is -4.04. The molecule has 0 fully saturated rings. The van der Waals surface area contributed by atoms with E-state index in [4.69, 9.17) is 0 Å². The SMILES string of the molecule is CN(C)c1ccc(C(=O)c2ccccc2C(=O)NCC(O)c2ccccc2)cc1[N+](=O)[O-]. The summed E-state index contributed by atoms with van der Waals surface area (Å²) in [5.41, 5.74) is 1.17. The van der Waals surface area contributed by atoms with Crippen LogP contribution in [0.4, 0.5) is 11.4 Å². The van der Waals surface area contributed by atoms with E-state index in [1.165, 1.54) is 30.3 Å². The molecule has 164 valence electrons. The minimum Gasteiger partial charge on any atom is -0.387 e. The molecule has 0 saturated carbocycles. The zero-order chi connectivity index (χ0) is 23.3. The van der Waals surface area contributed by atoms with E-state index in [-0.39, 0.29) is 28.9 Å². The number of rotatable bonds is 8. The van der Waals surface area contributed by atoms with E-state index in [0.717, 1.165) is 0 Å². The lowest BCUT2D eigenvalue weighted by Crippen LogP contribution is -2.29. The van der Waals surface area contributed by atoms with Crippen LogP contribution in [0.3, 0.4) is 0 Å². The fourth-order valence-corrected chi connectivity index (χ4v) is 3.30. The van der Waals surface area contributed by atoms with E-state index in [0.29, 0.717) is 11.3 Å². The summed E-state index contributed by atoms with van der Waals surface area (Å²) in [5, 5.41) is 24.4. The summed E-state index contributed by atoms with van der Waals surface area (Å²) in [6.07, 6.45) is -0.899. The average molecular weight is 433 g/mol. The van der Waals surface area contributed by atoms with Gasteiger partial charge in [-0.25, -0.2) is 0 Å². The van der Waals surface area contributed by atoms with Crippen LogP contribution in [0, 0.1) is 10.1 Å². The Morgan fingerprint density at radius 3 is 2.25 bits per heavy atom. The number of nitrogens with one attached hydrogen (secondary N) is 1. The van der Waals surface area contributed by atoms with Gasteiger partial charge < -0.3 is 15.3 Å². The summed E-state index contributed by atoms with van der Waals surface area (Å²) in [7, 11) is 3.35. The number of aliphatic hydroxyl groups excluding tert-OH is 1. The molecule has 0 radical (unpaired) electrons. The number of carbonyl (C=O) groups excluding carboxylic acids is 2. The number of nitrogens with zero attached hydrogens (tertiary/aromatic N) is 2. The van der Waals surface area contributed by atoms with Gasteiger partial charge in [0.15, 0.2) is 5.78 Å². The van der Waals surface area contributed by atoms with Crippen LogP contribution in [0.25, 0.3) is 0 Å². The van der Waals surface area contributed by atoms with Crippen LogP contribution >= 0.6 is 0 Å². The van der Waals surface area contributed by atoms with Crippen molar-refractivity contribution in [1.29, 1.82) is 0 Å². The fraction of sp³-hybridized carbons (Fsp3) is 0.167. The van der Waals surface area contributed by atoms with Crippen molar-refractivity contribution in [3.63, 3.8) is 0 Å². The third-order valence-electron chi connectivity index (χ3n) is 4.97. The van der Waals surface area contributed by atoms with Gasteiger partial charge in [0.25, 0.3) is 11.6 Å². The Kier molecular flexibility index (Phi) is 6.97. The molecule has 0 bridgehead atoms. The minimum absolute atomic E-state index is 0.0334. The van der Waals surface area contributed by atoms with Crippen molar-refractivity contribution < 1.29 is 19.6 Å². The van der Waals surface area contributed by atoms with Gasteiger partial charge in [0.05, 0.1) is 16.6 Å². The molecule has 0 spiro atoms. The van der Waals surface area contributed by atoms with Crippen LogP contribution in [0.2, 0.25) is 0 Å². The number of aliphatic hydroxyl groups is 1. The maximum Gasteiger partial charge on any atom is 0.293 e. The van der Waals surface area contributed by atoms with Crippen LogP contribution in [0.1, 0.15) is 37.9 Å². The van der Waals surface area contributed by atoms with Gasteiger partial charge in [-0.1, -0.05) is 48.5 Å². The predicted octanol–water partition coefficient (Wildman–Crippen LogP) is 3.36. The van der Waals surface area contributed by atoms with Crippen LogP contribution in [-0.4, -0.2) is 42.4 Å². The predicted molar refractivity (Wildman–Crippen MR) is 121 cm³/mol. The van der Waals surface area contributed by atoms with Crippen LogP contribution in [0.5, 0.6) is 0 Å². The maximum absolute atomic E-state index is 13.1. The highest BCUT2D eigenvalue weighted by Crippen LogP contribution is 2.29. The van der Waals surface area contributed by atoms with Gasteiger partial charge in [-0.2, -0.15) is 0 Å². The number of nitro benzene ring substituents is 1. The Balaban J connectivity index is 1.84. The summed E-state index contributed by atoms with van der Waals surface area (Å²) in [6.45, 7) is -0.0334. The summed E-state index contributed by atoms with van der Waals surface area (Å²) in [5.74, 6) is -1.03. The van der Waals surface area contributed by atoms with Crippen molar-refractivity contribution in [2.45, 2.75) is 6.10 Å². The van der Waals surface area contributed by atoms with Crippen molar-refractivity contribution in [2.24, 2.45) is 0 Å². The number of hydrogen-bond donors (Lipinski definition) is 2. The van der Waals surface area contributed by atoms with Gasteiger partial charge in [-0.3, -0.25) is 19.7 Å². The first-order chi connectivity index (χ1) is 15.3. The zero-order valence-corrected chi connectivity index (χ0v) is 17.7. The van der Waals surface area contributed by atoms with E-state index in [1.807, 2.05) is 6.07 Å². The number of ketones is 1. The second kappa shape index (κ2) is 9.84. The number of nitro groups is 1. The summed E-state index contributed by atoms with van der Waals surface area (Å²) in [6, 6.07) is 19.3. The van der Waals surface area contributed by atoms with E-state index >= 15 is 0 Å². The smallest absolute Gasteiger partial charge is 0.293 e. The Morgan fingerprint density at radius 2 is 1.62 bits per heavy atom. The monoisotopic (exact) mass is 433 g/mol. The Labute approximate surface area is 185 Å². The molecule has 3 rings (SSSR count). The molecular formula is C24H23N3O5. The number of benzene rings is 3. The molecule has 0 aliphatic carbocycles. The van der Waals surface area contributed by atoms with Gasteiger partial charge in [0.1, 0.15) is 5.69 Å². The standard InChI is InChI=1S/C24H23N3O5/c1-26(2)20-13-12-17(14-21(20)27(31)32)23(29)18-10-6-7-11-19(18)24(30)25-15-22(28)16-8-4-3-5-9-16/h3-14,22,28H,15H2,1-2H3,(H,25,30). The first-order valence-electron chi connectivity index (χ1n) is 9.90. The van der Waals surface area contributed by atoms with Gasteiger partial charge in [-0.05, 0) is 23.8 Å². The van der Waals surface area contributed by atoms with E-state index < -0.39 is 22.7 Å². The molecule has 1 amide bonds. The second-order valence-electron chi connectivity index (χ2n) is 7.37. The summed E-state index contributed by atoms with van der Waals surface area (Å²) < 4.78 is 0. The average Bonchev–Trinajstić information content (AvgIpc) is 2.81. The normalized spacial score (nSPS) is 11.5. The highest BCUT2D eigenvalue weighted by molar-refractivity contribution is 6.15. The fourth-order valence-electron chi connectivity index (χ4n) is 3.30. The number of anilines is 1. The molecule has 0 heterocycles. The van der Waals surface area contributed by atoms with Crippen LogP contribution in [0.15, 0.2) is 72.8 Å². The minimum atomic E-state index is -0.899. The lowest BCUT2D eigenvalue weighted by atomic mass is 9.97. The maximum atomic E-state index is 13.1. The molecule has 0 aliphatic heterocycles. The van der Waals surface area contributed by atoms with E-state index in [9.17, 15) is 24.8 Å². The van der Waals surface area contributed by atoms with Crippen molar-refractivity contribution in [3.05, 3.63) is 105 Å². The molecular weight excluding hydrogens is 410 g/mol. The molecule has 1 unspecified atom stereocenters. The molecule has 3 aromatic rings. The molecule has 8 nitrogen and oxygen atoms in total. The Morgan fingerprint density at radius 1 is 1.00 bits per heavy atom. The van der Waals surface area contributed by atoms with Crippen molar-refractivity contribution in [1.82, 2.24) is 5.32 Å². The summed E-state index contributed by atoms with van der Waals surface area (Å²) >= 11 is 0. The van der Waals surface area contributed by atoms with E-state index in [1.54, 1.807) is 55.4 Å². The molecule has 0 saturated heterocycles. The zero-order valence-electron chi connectivity index (χ0n) is 17.7. The molecule has 0 aliphatic rings. The first kappa shape index (κ1) is 22.6. The second-order valence-corrected chi connectivity index (χ2v) is 7.37. The Bertz CT molecular complexity index is 1150. The van der Waals surface area contributed by atoms with Crippen LogP contribution < -0.4 is 10.2 Å². The van der Waals surface area contributed by atoms with Crippen molar-refractivity contribution in [2.75, 3.05) is 25.5 Å². The molecule has 3 aromatic carbocycles. The van der Waals surface area contributed by atoms with Gasteiger partial charge in [0, 0.05) is 37.8 Å². The highest BCUT2D eigenvalue weighted by atomic mass is 16.6. The van der Waals surface area contributed by atoms with Gasteiger partial charge in [0.2, 0.25) is 0 Å². The van der Waals surface area contributed by atoms with Crippen molar-refractivity contribution >= 4 is 23.1 Å². The molecule has 2 N–H and O–H groups in total. The third-order valence-corrected chi connectivity index (χ3v) is 4.97. The number of hydrogen-bond acceptors (Lipinski definition) is 6. The van der Waals surface area contributed by atoms with Crippen molar-refractivity contribution in [3.8, 4) is 0 Å². The number of carbonyl (C=O) groups is 2. The first-order valence-corrected chi connectivity index (χ1v) is 9.90. The lowest BCUT2D eigenvalue weighted by molar-refractivity contribution is -0.384. The molecule has 8 heteroatoms. The third kappa shape index (κ3) is 4.98. The highest BCUT2D eigenvalue weighted by Gasteiger charge is 2.23. The number of amides is 1. The van der Waals surface area contributed by atoms with E-state index in [2.05, 4.69) is 5.32 Å². The van der Waals surface area contributed by atoms with Gasteiger partial charge >= 0.3 is 0 Å². The topological polar surface area (TPSA) is 113 Å². The quantitative estimate of drug-likeness (QED) is 0.320. The lowest BCUT2D eigenvalue weighted by Gasteiger charge is -2.15. The molecule has 1 atom stereocenters.